The molecule has 1 fully saturated rings. The zero-order chi connectivity index (χ0) is 15.3. The molecule has 0 radical (unpaired) electrons. The summed E-state index contributed by atoms with van der Waals surface area (Å²) < 4.78 is 5.15. The van der Waals surface area contributed by atoms with Crippen molar-refractivity contribution in [2.45, 2.75) is 44.6 Å². The smallest absolute Gasteiger partial charge is 0.224 e. The van der Waals surface area contributed by atoms with Crippen LogP contribution in [0.2, 0.25) is 0 Å². The number of carbonyl (C=O) groups excluding carboxylic acids is 1. The SMILES string of the molecule is COc1cccc(CC(=O)NCC2(O)CCCC(C)C2)c1. The molecule has 4 heteroatoms. The Labute approximate surface area is 126 Å². The van der Waals surface area contributed by atoms with Gasteiger partial charge in [-0.25, -0.2) is 0 Å². The number of methoxy groups -OCH3 is 1. The maximum atomic E-state index is 12.0. The van der Waals surface area contributed by atoms with Crippen LogP contribution in [-0.2, 0) is 11.2 Å². The van der Waals surface area contributed by atoms with E-state index in [1.54, 1.807) is 7.11 Å². The molecule has 0 aromatic heterocycles. The Morgan fingerprint density at radius 3 is 3.05 bits per heavy atom. The minimum Gasteiger partial charge on any atom is -0.497 e. The van der Waals surface area contributed by atoms with Crippen LogP contribution < -0.4 is 10.1 Å². The van der Waals surface area contributed by atoms with Gasteiger partial charge in [-0.2, -0.15) is 0 Å². The van der Waals surface area contributed by atoms with Crippen molar-refractivity contribution in [2.75, 3.05) is 13.7 Å². The average molecular weight is 291 g/mol. The lowest BCUT2D eigenvalue weighted by Crippen LogP contribution is -2.46. The van der Waals surface area contributed by atoms with Crippen molar-refractivity contribution in [3.63, 3.8) is 0 Å². The first-order chi connectivity index (χ1) is 10.0. The Bertz CT molecular complexity index is 489. The number of ether oxygens (including phenoxy) is 1. The van der Waals surface area contributed by atoms with Crippen LogP contribution in [0.25, 0.3) is 0 Å². The van der Waals surface area contributed by atoms with Gasteiger partial charge in [-0.15, -0.1) is 0 Å². The Morgan fingerprint density at radius 2 is 2.33 bits per heavy atom. The fourth-order valence-corrected chi connectivity index (χ4v) is 3.09. The molecule has 1 aliphatic carbocycles. The first kappa shape index (κ1) is 15.8. The normalized spacial score (nSPS) is 25.4. The predicted octanol–water partition coefficient (Wildman–Crippen LogP) is 2.30. The molecule has 2 unspecified atom stereocenters. The lowest BCUT2D eigenvalue weighted by molar-refractivity contribution is -0.122. The number of hydrogen-bond acceptors (Lipinski definition) is 3. The summed E-state index contributed by atoms with van der Waals surface area (Å²) in [5.41, 5.74) is 0.178. The molecule has 1 saturated carbocycles. The second-order valence-electron chi connectivity index (χ2n) is 6.23. The molecule has 21 heavy (non-hydrogen) atoms. The zero-order valence-electron chi connectivity index (χ0n) is 12.9. The Morgan fingerprint density at radius 1 is 1.52 bits per heavy atom. The molecular formula is C17H25NO3. The molecule has 1 aromatic rings. The molecular weight excluding hydrogens is 266 g/mol. The lowest BCUT2D eigenvalue weighted by Gasteiger charge is -2.35. The number of nitrogens with one attached hydrogen (secondary N) is 1. The number of rotatable bonds is 5. The number of benzene rings is 1. The molecule has 1 amide bonds. The standard InChI is InChI=1S/C17H25NO3/c1-13-5-4-8-17(20,11-13)12-18-16(19)10-14-6-3-7-15(9-14)21-2/h3,6-7,9,13,20H,4-5,8,10-12H2,1-2H3,(H,18,19). The fourth-order valence-electron chi connectivity index (χ4n) is 3.09. The highest BCUT2D eigenvalue weighted by molar-refractivity contribution is 5.78. The van der Waals surface area contributed by atoms with Gasteiger partial charge in [0.15, 0.2) is 0 Å². The monoisotopic (exact) mass is 291 g/mol. The molecule has 1 aliphatic rings. The van der Waals surface area contributed by atoms with E-state index in [1.165, 1.54) is 6.42 Å². The molecule has 2 N–H and O–H groups in total. The second-order valence-corrected chi connectivity index (χ2v) is 6.23. The van der Waals surface area contributed by atoms with Crippen LogP contribution in [0.3, 0.4) is 0 Å². The predicted molar refractivity (Wildman–Crippen MR) is 82.3 cm³/mol. The summed E-state index contributed by atoms with van der Waals surface area (Å²) >= 11 is 0. The van der Waals surface area contributed by atoms with Gasteiger partial charge in [0.25, 0.3) is 0 Å². The molecule has 0 heterocycles. The molecule has 1 aromatic carbocycles. The van der Waals surface area contributed by atoms with Gasteiger partial charge < -0.3 is 15.2 Å². The molecule has 2 atom stereocenters. The maximum Gasteiger partial charge on any atom is 0.224 e. The van der Waals surface area contributed by atoms with E-state index in [2.05, 4.69) is 12.2 Å². The van der Waals surface area contributed by atoms with E-state index in [0.29, 0.717) is 18.9 Å². The van der Waals surface area contributed by atoms with Gasteiger partial charge in [-0.1, -0.05) is 31.9 Å². The van der Waals surface area contributed by atoms with Crippen LogP contribution in [0, 0.1) is 5.92 Å². The van der Waals surface area contributed by atoms with E-state index < -0.39 is 5.60 Å². The fraction of sp³-hybridized carbons (Fsp3) is 0.588. The summed E-state index contributed by atoms with van der Waals surface area (Å²) in [6.07, 6.45) is 4.05. The van der Waals surface area contributed by atoms with Crippen LogP contribution in [0.15, 0.2) is 24.3 Å². The van der Waals surface area contributed by atoms with Gasteiger partial charge in [0, 0.05) is 6.54 Å². The van der Waals surface area contributed by atoms with Gasteiger partial charge in [0.05, 0.1) is 19.1 Å². The minimum absolute atomic E-state index is 0.0603. The third kappa shape index (κ3) is 4.74. The second kappa shape index (κ2) is 6.94. The van der Waals surface area contributed by atoms with Crippen molar-refractivity contribution in [1.82, 2.24) is 5.32 Å². The van der Waals surface area contributed by atoms with Gasteiger partial charge in [0.1, 0.15) is 5.75 Å². The van der Waals surface area contributed by atoms with Crippen LogP contribution >= 0.6 is 0 Å². The third-order valence-corrected chi connectivity index (χ3v) is 4.18. The Balaban J connectivity index is 1.84. The lowest BCUT2D eigenvalue weighted by atomic mass is 9.79. The van der Waals surface area contributed by atoms with Crippen molar-refractivity contribution in [1.29, 1.82) is 0 Å². The Kier molecular flexibility index (Phi) is 5.23. The van der Waals surface area contributed by atoms with Crippen LogP contribution in [-0.4, -0.2) is 30.3 Å². The molecule has 0 spiro atoms. The number of carbonyl (C=O) groups is 1. The largest absolute Gasteiger partial charge is 0.497 e. The van der Waals surface area contributed by atoms with Crippen LogP contribution in [0.4, 0.5) is 0 Å². The molecule has 0 bridgehead atoms. The highest BCUT2D eigenvalue weighted by atomic mass is 16.5. The van der Waals surface area contributed by atoms with Gasteiger partial charge in [-0.3, -0.25) is 4.79 Å². The molecule has 2 rings (SSSR count). The molecule has 0 aliphatic heterocycles. The van der Waals surface area contributed by atoms with Gasteiger partial charge in [-0.05, 0) is 36.5 Å². The summed E-state index contributed by atoms with van der Waals surface area (Å²) in [5.74, 6) is 1.22. The molecule has 116 valence electrons. The van der Waals surface area contributed by atoms with Crippen LogP contribution in [0.1, 0.15) is 38.2 Å². The molecule has 0 saturated heterocycles. The number of hydrogen-bond donors (Lipinski definition) is 2. The summed E-state index contributed by atoms with van der Waals surface area (Å²) in [5, 5.41) is 13.4. The van der Waals surface area contributed by atoms with Crippen molar-refractivity contribution in [3.8, 4) is 5.75 Å². The van der Waals surface area contributed by atoms with E-state index >= 15 is 0 Å². The number of amides is 1. The summed E-state index contributed by atoms with van der Waals surface area (Å²) in [4.78, 5) is 12.0. The van der Waals surface area contributed by atoms with Crippen LogP contribution in [0.5, 0.6) is 5.75 Å². The minimum atomic E-state index is -0.734. The molecule has 4 nitrogen and oxygen atoms in total. The van der Waals surface area contributed by atoms with E-state index in [0.717, 1.165) is 30.6 Å². The van der Waals surface area contributed by atoms with Crippen molar-refractivity contribution in [2.24, 2.45) is 5.92 Å². The highest BCUT2D eigenvalue weighted by Gasteiger charge is 2.32. The van der Waals surface area contributed by atoms with Crippen molar-refractivity contribution < 1.29 is 14.6 Å². The van der Waals surface area contributed by atoms with Crippen molar-refractivity contribution >= 4 is 5.91 Å². The summed E-state index contributed by atoms with van der Waals surface area (Å²) in [6, 6.07) is 7.49. The van der Waals surface area contributed by atoms with E-state index in [9.17, 15) is 9.90 Å². The van der Waals surface area contributed by atoms with E-state index in [-0.39, 0.29) is 5.91 Å². The zero-order valence-corrected chi connectivity index (χ0v) is 12.9. The maximum absolute atomic E-state index is 12.0. The quantitative estimate of drug-likeness (QED) is 0.875. The Hall–Kier alpha value is -1.55. The summed E-state index contributed by atoms with van der Waals surface area (Å²) in [6.45, 7) is 2.50. The van der Waals surface area contributed by atoms with E-state index in [4.69, 9.17) is 4.74 Å². The van der Waals surface area contributed by atoms with Crippen molar-refractivity contribution in [3.05, 3.63) is 29.8 Å². The third-order valence-electron chi connectivity index (χ3n) is 4.18. The summed E-state index contributed by atoms with van der Waals surface area (Å²) in [7, 11) is 1.61. The number of aliphatic hydroxyl groups is 1. The van der Waals surface area contributed by atoms with Gasteiger partial charge in [0.2, 0.25) is 5.91 Å². The highest BCUT2D eigenvalue weighted by Crippen LogP contribution is 2.31. The average Bonchev–Trinajstić information content (AvgIpc) is 2.45. The first-order valence-corrected chi connectivity index (χ1v) is 7.63. The first-order valence-electron chi connectivity index (χ1n) is 7.63. The van der Waals surface area contributed by atoms with Gasteiger partial charge >= 0.3 is 0 Å². The van der Waals surface area contributed by atoms with E-state index in [1.807, 2.05) is 24.3 Å². The topological polar surface area (TPSA) is 58.6 Å².